The van der Waals surface area contributed by atoms with Gasteiger partial charge >= 0.3 is 0 Å². The predicted molar refractivity (Wildman–Crippen MR) is 74.8 cm³/mol. The zero-order chi connectivity index (χ0) is 14.2. The monoisotopic (exact) mass is 297 g/mol. The van der Waals surface area contributed by atoms with Gasteiger partial charge in [0.2, 0.25) is 0 Å². The van der Waals surface area contributed by atoms with Crippen LogP contribution in [0.3, 0.4) is 0 Å². The van der Waals surface area contributed by atoms with E-state index in [1.807, 2.05) is 0 Å². The van der Waals surface area contributed by atoms with Gasteiger partial charge in [-0.3, -0.25) is 0 Å². The van der Waals surface area contributed by atoms with Crippen LogP contribution >= 0.6 is 0 Å². The molecule has 2 N–H and O–H groups in total. The second-order valence-electron chi connectivity index (χ2n) is 5.40. The lowest BCUT2D eigenvalue weighted by atomic mass is 10.3. The second kappa shape index (κ2) is 5.26. The Morgan fingerprint density at radius 1 is 1.10 bits per heavy atom. The van der Waals surface area contributed by atoms with Crippen LogP contribution < -0.4 is 15.2 Å². The van der Waals surface area contributed by atoms with Crippen molar-refractivity contribution in [2.45, 2.75) is 41.9 Å². The zero-order valence-electron chi connectivity index (χ0n) is 11.2. The van der Waals surface area contributed by atoms with Gasteiger partial charge in [0.25, 0.3) is 0 Å². The summed E-state index contributed by atoms with van der Waals surface area (Å²) < 4.78 is 36.3. The van der Waals surface area contributed by atoms with E-state index in [9.17, 15) is 8.42 Å². The minimum Gasteiger partial charge on any atom is -0.490 e. The molecule has 0 saturated heterocycles. The molecule has 2 aliphatic rings. The van der Waals surface area contributed by atoms with Crippen molar-refractivity contribution >= 4 is 9.84 Å². The molecule has 0 spiro atoms. The summed E-state index contributed by atoms with van der Waals surface area (Å²) in [5.41, 5.74) is 5.82. The largest absolute Gasteiger partial charge is 0.490 e. The number of benzene rings is 1. The Kier molecular flexibility index (Phi) is 3.60. The van der Waals surface area contributed by atoms with Gasteiger partial charge in [-0.25, -0.2) is 8.42 Å². The molecule has 2 unspecified atom stereocenters. The fourth-order valence-corrected chi connectivity index (χ4v) is 4.63. The summed E-state index contributed by atoms with van der Waals surface area (Å²) in [5.74, 6) is 1.13. The Hall–Kier alpha value is -1.27. The van der Waals surface area contributed by atoms with Gasteiger partial charge < -0.3 is 15.2 Å². The normalized spacial score (nSPS) is 26.2. The number of hydrogen-bond donors (Lipinski definition) is 1. The molecule has 6 heteroatoms. The molecule has 1 heterocycles. The van der Waals surface area contributed by atoms with Crippen LogP contribution in [0.1, 0.15) is 25.7 Å². The summed E-state index contributed by atoms with van der Waals surface area (Å²) in [6.45, 7) is 1.14. The molecule has 0 aromatic heterocycles. The topological polar surface area (TPSA) is 78.6 Å². The van der Waals surface area contributed by atoms with E-state index in [4.69, 9.17) is 15.2 Å². The summed E-state index contributed by atoms with van der Waals surface area (Å²) in [6.07, 6.45) is 2.75. The van der Waals surface area contributed by atoms with E-state index in [-0.39, 0.29) is 11.3 Å². The molecule has 1 saturated carbocycles. The van der Waals surface area contributed by atoms with Crippen LogP contribution in [-0.4, -0.2) is 32.9 Å². The Morgan fingerprint density at radius 2 is 1.85 bits per heavy atom. The molecule has 5 nitrogen and oxygen atoms in total. The van der Waals surface area contributed by atoms with Crippen LogP contribution in [0.2, 0.25) is 0 Å². The third-order valence-corrected chi connectivity index (χ3v) is 6.13. The fraction of sp³-hybridized carbons (Fsp3) is 0.571. The minimum atomic E-state index is -3.33. The van der Waals surface area contributed by atoms with E-state index in [1.54, 1.807) is 18.2 Å². The van der Waals surface area contributed by atoms with Gasteiger partial charge in [-0.15, -0.1) is 0 Å². The Bertz CT molecular complexity index is 599. The van der Waals surface area contributed by atoms with Crippen LogP contribution in [0.15, 0.2) is 23.1 Å². The highest BCUT2D eigenvalue weighted by molar-refractivity contribution is 7.92. The number of fused-ring (bicyclic) bond motifs is 1. The molecular weight excluding hydrogens is 278 g/mol. The van der Waals surface area contributed by atoms with Crippen LogP contribution in [-0.2, 0) is 9.84 Å². The van der Waals surface area contributed by atoms with E-state index in [1.165, 1.54) is 0 Å². The van der Waals surface area contributed by atoms with Crippen molar-refractivity contribution in [3.05, 3.63) is 18.2 Å². The van der Waals surface area contributed by atoms with Crippen LogP contribution in [0.5, 0.6) is 11.5 Å². The fourth-order valence-electron chi connectivity index (χ4n) is 2.77. The lowest BCUT2D eigenvalue weighted by molar-refractivity contribution is 0.297. The number of hydrogen-bond acceptors (Lipinski definition) is 5. The van der Waals surface area contributed by atoms with Crippen molar-refractivity contribution in [1.29, 1.82) is 0 Å². The molecule has 1 aromatic rings. The van der Waals surface area contributed by atoms with Gasteiger partial charge in [0, 0.05) is 18.5 Å². The van der Waals surface area contributed by atoms with Gasteiger partial charge in [0.1, 0.15) is 0 Å². The van der Waals surface area contributed by atoms with E-state index >= 15 is 0 Å². The lowest BCUT2D eigenvalue weighted by Crippen LogP contribution is -2.22. The molecule has 20 heavy (non-hydrogen) atoms. The minimum absolute atomic E-state index is 0.00446. The third kappa shape index (κ3) is 2.50. The highest BCUT2D eigenvalue weighted by atomic mass is 32.2. The lowest BCUT2D eigenvalue weighted by Gasteiger charge is -2.14. The molecular formula is C14H19NO4S. The highest BCUT2D eigenvalue weighted by Crippen LogP contribution is 2.35. The van der Waals surface area contributed by atoms with E-state index in [0.717, 1.165) is 12.8 Å². The average Bonchev–Trinajstić information content (AvgIpc) is 2.74. The highest BCUT2D eigenvalue weighted by Gasteiger charge is 2.34. The molecule has 1 aromatic carbocycles. The van der Waals surface area contributed by atoms with Crippen molar-refractivity contribution in [2.75, 3.05) is 13.2 Å². The first kappa shape index (κ1) is 13.7. The van der Waals surface area contributed by atoms with Crippen LogP contribution in [0.4, 0.5) is 0 Å². The van der Waals surface area contributed by atoms with Gasteiger partial charge in [-0.2, -0.15) is 0 Å². The molecule has 3 rings (SSSR count). The van der Waals surface area contributed by atoms with Crippen molar-refractivity contribution in [3.8, 4) is 11.5 Å². The van der Waals surface area contributed by atoms with Crippen LogP contribution in [0.25, 0.3) is 0 Å². The summed E-state index contributed by atoms with van der Waals surface area (Å²) >= 11 is 0. The number of ether oxygens (including phenoxy) is 2. The van der Waals surface area contributed by atoms with Gasteiger partial charge in [0.15, 0.2) is 21.3 Å². The van der Waals surface area contributed by atoms with Gasteiger partial charge in [-0.05, 0) is 31.4 Å². The summed E-state index contributed by atoms with van der Waals surface area (Å²) in [7, 11) is -3.33. The van der Waals surface area contributed by atoms with E-state index < -0.39 is 9.84 Å². The number of rotatable bonds is 2. The summed E-state index contributed by atoms with van der Waals surface area (Å²) in [6, 6.07) is 4.87. The number of nitrogens with two attached hydrogens (primary N) is 1. The molecule has 0 radical (unpaired) electrons. The molecule has 1 aliphatic heterocycles. The molecule has 2 atom stereocenters. The third-order valence-electron chi connectivity index (χ3n) is 3.91. The first-order chi connectivity index (χ1) is 9.57. The quantitative estimate of drug-likeness (QED) is 0.895. The molecule has 0 amide bonds. The standard InChI is InChI=1S/C14H19NO4S/c15-10-2-3-11(8-10)20(16,17)12-4-5-13-14(9-12)19-7-1-6-18-13/h4-5,9-11H,1-3,6-8,15H2. The van der Waals surface area contributed by atoms with Gasteiger partial charge in [-0.1, -0.05) is 0 Å². The van der Waals surface area contributed by atoms with E-state index in [0.29, 0.717) is 42.4 Å². The van der Waals surface area contributed by atoms with E-state index in [2.05, 4.69) is 0 Å². The summed E-state index contributed by atoms with van der Waals surface area (Å²) in [5, 5.41) is -0.373. The maximum atomic E-state index is 12.6. The average molecular weight is 297 g/mol. The Morgan fingerprint density at radius 3 is 2.55 bits per heavy atom. The first-order valence-corrected chi connectivity index (χ1v) is 8.51. The summed E-state index contributed by atoms with van der Waals surface area (Å²) in [4.78, 5) is 0.306. The zero-order valence-corrected chi connectivity index (χ0v) is 12.1. The van der Waals surface area contributed by atoms with Crippen molar-refractivity contribution in [2.24, 2.45) is 5.73 Å². The Balaban J connectivity index is 1.92. The van der Waals surface area contributed by atoms with Gasteiger partial charge in [0.05, 0.1) is 23.4 Å². The first-order valence-electron chi connectivity index (χ1n) is 6.96. The van der Waals surface area contributed by atoms with Crippen molar-refractivity contribution in [1.82, 2.24) is 0 Å². The second-order valence-corrected chi connectivity index (χ2v) is 7.63. The van der Waals surface area contributed by atoms with Crippen molar-refractivity contribution < 1.29 is 17.9 Å². The molecule has 0 bridgehead atoms. The smallest absolute Gasteiger partial charge is 0.181 e. The molecule has 110 valence electrons. The molecule has 1 fully saturated rings. The maximum Gasteiger partial charge on any atom is 0.181 e. The SMILES string of the molecule is NC1CCC(S(=O)(=O)c2ccc3c(c2)OCCCO3)C1. The predicted octanol–water partition coefficient (Wildman–Crippen LogP) is 1.50. The Labute approximate surface area is 119 Å². The van der Waals surface area contributed by atoms with Crippen LogP contribution in [0, 0.1) is 0 Å². The maximum absolute atomic E-state index is 12.6. The number of sulfone groups is 1. The molecule has 1 aliphatic carbocycles. The van der Waals surface area contributed by atoms with Crippen molar-refractivity contribution in [3.63, 3.8) is 0 Å².